The van der Waals surface area contributed by atoms with Crippen LogP contribution in [-0.2, 0) is 12.7 Å². The number of aromatic nitrogens is 2. The van der Waals surface area contributed by atoms with Crippen LogP contribution in [0, 0.1) is 13.8 Å². The second-order valence-corrected chi connectivity index (χ2v) is 6.28. The van der Waals surface area contributed by atoms with E-state index in [1.54, 1.807) is 4.68 Å². The Balaban J connectivity index is 1.68. The number of rotatable bonds is 4. The third-order valence-corrected chi connectivity index (χ3v) is 4.32. The number of carbonyl (C=O) groups excluding carboxylic acids is 1. The van der Waals surface area contributed by atoms with Crippen molar-refractivity contribution in [1.29, 1.82) is 0 Å². The van der Waals surface area contributed by atoms with Gasteiger partial charge in [-0.05, 0) is 44.2 Å². The van der Waals surface area contributed by atoms with Gasteiger partial charge in [-0.1, -0.05) is 24.3 Å². The third kappa shape index (κ3) is 4.33. The minimum Gasteiger partial charge on any atom is -0.334 e. The zero-order valence-electron chi connectivity index (χ0n) is 15.3. The fourth-order valence-electron chi connectivity index (χ4n) is 2.87. The highest BCUT2D eigenvalue weighted by Gasteiger charge is 2.30. The lowest BCUT2D eigenvalue weighted by Gasteiger charge is -2.11. The van der Waals surface area contributed by atoms with Gasteiger partial charge in [0.05, 0.1) is 16.9 Å². The summed E-state index contributed by atoms with van der Waals surface area (Å²) in [7, 11) is 0. The largest absolute Gasteiger partial charge is 0.416 e. The molecule has 0 bridgehead atoms. The van der Waals surface area contributed by atoms with E-state index in [0.29, 0.717) is 0 Å². The summed E-state index contributed by atoms with van der Waals surface area (Å²) < 4.78 is 40.1. The Morgan fingerprint density at radius 3 is 2.46 bits per heavy atom. The number of anilines is 1. The molecule has 3 rings (SSSR count). The van der Waals surface area contributed by atoms with Crippen LogP contribution in [0.3, 0.4) is 0 Å². The van der Waals surface area contributed by atoms with Crippen molar-refractivity contribution in [2.45, 2.75) is 26.6 Å². The molecular weight excluding hydrogens is 369 g/mol. The Kier molecular flexibility index (Phi) is 5.39. The van der Waals surface area contributed by atoms with Gasteiger partial charge in [-0.3, -0.25) is 0 Å². The summed E-state index contributed by atoms with van der Waals surface area (Å²) in [5, 5.41) is 9.59. The van der Waals surface area contributed by atoms with E-state index in [0.717, 1.165) is 34.8 Å². The third-order valence-electron chi connectivity index (χ3n) is 4.32. The molecule has 0 spiro atoms. The lowest BCUT2D eigenvalue weighted by molar-refractivity contribution is -0.137. The average molecular weight is 388 g/mol. The molecular formula is C20H19F3N4O. The number of para-hydroxylation sites is 1. The molecule has 0 aliphatic heterocycles. The molecule has 1 aromatic heterocycles. The van der Waals surface area contributed by atoms with Crippen LogP contribution in [-0.4, -0.2) is 15.8 Å². The summed E-state index contributed by atoms with van der Waals surface area (Å²) in [6.07, 6.45) is -4.46. The number of nitrogens with zero attached hydrogens (tertiary/aromatic N) is 2. The number of halogens is 3. The summed E-state index contributed by atoms with van der Waals surface area (Å²) in [4.78, 5) is 12.1. The molecule has 2 aromatic carbocycles. The van der Waals surface area contributed by atoms with Crippen molar-refractivity contribution >= 4 is 11.7 Å². The topological polar surface area (TPSA) is 59.0 Å². The highest BCUT2D eigenvalue weighted by molar-refractivity contribution is 5.89. The van der Waals surface area contributed by atoms with Gasteiger partial charge >= 0.3 is 12.2 Å². The number of alkyl halides is 3. The average Bonchev–Trinajstić information content (AvgIpc) is 2.94. The van der Waals surface area contributed by atoms with Gasteiger partial charge in [0.2, 0.25) is 0 Å². The standard InChI is InChI=1S/C20H19F3N4O/c1-13-18(14(2)27(26-13)17-9-4-3-5-10-17)12-24-19(28)25-16-8-6-7-15(11-16)20(21,22)23/h3-11H,12H2,1-2H3,(H2,24,25,28). The van der Waals surface area contributed by atoms with Crippen molar-refractivity contribution in [3.63, 3.8) is 0 Å². The Hall–Kier alpha value is -3.29. The first-order valence-corrected chi connectivity index (χ1v) is 8.58. The molecule has 0 radical (unpaired) electrons. The summed E-state index contributed by atoms with van der Waals surface area (Å²) >= 11 is 0. The zero-order chi connectivity index (χ0) is 20.3. The van der Waals surface area contributed by atoms with Crippen molar-refractivity contribution in [3.05, 3.63) is 77.1 Å². The molecule has 1 heterocycles. The lowest BCUT2D eigenvalue weighted by atomic mass is 10.2. The van der Waals surface area contributed by atoms with Crippen molar-refractivity contribution in [3.8, 4) is 5.69 Å². The van der Waals surface area contributed by atoms with Gasteiger partial charge in [0.1, 0.15) is 0 Å². The maximum Gasteiger partial charge on any atom is 0.416 e. The van der Waals surface area contributed by atoms with Crippen LogP contribution < -0.4 is 10.6 Å². The number of benzene rings is 2. The number of amides is 2. The molecule has 8 heteroatoms. The highest BCUT2D eigenvalue weighted by atomic mass is 19.4. The molecule has 2 N–H and O–H groups in total. The normalized spacial score (nSPS) is 11.3. The molecule has 0 unspecified atom stereocenters. The number of nitrogens with one attached hydrogen (secondary N) is 2. The molecule has 0 aliphatic rings. The quantitative estimate of drug-likeness (QED) is 0.673. The molecule has 0 aliphatic carbocycles. The molecule has 146 valence electrons. The first-order chi connectivity index (χ1) is 13.3. The monoisotopic (exact) mass is 388 g/mol. The maximum absolute atomic E-state index is 12.8. The van der Waals surface area contributed by atoms with E-state index in [1.807, 2.05) is 44.2 Å². The van der Waals surface area contributed by atoms with Crippen molar-refractivity contribution in [2.24, 2.45) is 0 Å². The van der Waals surface area contributed by atoms with Crippen molar-refractivity contribution < 1.29 is 18.0 Å². The minimum atomic E-state index is -4.46. The summed E-state index contributed by atoms with van der Waals surface area (Å²) in [6, 6.07) is 13.5. The zero-order valence-corrected chi connectivity index (χ0v) is 15.3. The van der Waals surface area contributed by atoms with Crippen molar-refractivity contribution in [2.75, 3.05) is 5.32 Å². The SMILES string of the molecule is Cc1nn(-c2ccccc2)c(C)c1CNC(=O)Nc1cccc(C(F)(F)F)c1. The predicted molar refractivity (Wildman–Crippen MR) is 100 cm³/mol. The first kappa shape index (κ1) is 19.5. The Bertz CT molecular complexity index is 981. The van der Waals surface area contributed by atoms with Crippen LogP contribution in [0.15, 0.2) is 54.6 Å². The number of hydrogen-bond acceptors (Lipinski definition) is 2. The molecule has 0 fully saturated rings. The fraction of sp³-hybridized carbons (Fsp3) is 0.200. The number of carbonyl (C=O) groups is 1. The minimum absolute atomic E-state index is 0.0701. The van der Waals surface area contributed by atoms with Gasteiger partial charge in [-0.15, -0.1) is 0 Å². The van der Waals surface area contributed by atoms with Gasteiger partial charge in [0, 0.05) is 23.5 Å². The van der Waals surface area contributed by atoms with Gasteiger partial charge < -0.3 is 10.6 Å². The maximum atomic E-state index is 12.8. The predicted octanol–water partition coefficient (Wildman–Crippen LogP) is 4.83. The van der Waals surface area contributed by atoms with Crippen LogP contribution in [0.5, 0.6) is 0 Å². The van der Waals surface area contributed by atoms with E-state index in [-0.39, 0.29) is 12.2 Å². The molecule has 2 amide bonds. The van der Waals surface area contributed by atoms with Gasteiger partial charge in [0.25, 0.3) is 0 Å². The Morgan fingerprint density at radius 2 is 1.79 bits per heavy atom. The van der Waals surface area contributed by atoms with Crippen LogP contribution in [0.25, 0.3) is 5.69 Å². The van der Waals surface area contributed by atoms with Gasteiger partial charge in [0.15, 0.2) is 0 Å². The van der Waals surface area contributed by atoms with E-state index < -0.39 is 17.8 Å². The lowest BCUT2D eigenvalue weighted by Crippen LogP contribution is -2.28. The fourth-order valence-corrected chi connectivity index (χ4v) is 2.87. The van der Waals surface area contributed by atoms with Crippen LogP contribution >= 0.6 is 0 Å². The van der Waals surface area contributed by atoms with Crippen molar-refractivity contribution in [1.82, 2.24) is 15.1 Å². The van der Waals surface area contributed by atoms with E-state index >= 15 is 0 Å². The van der Waals surface area contributed by atoms with E-state index in [4.69, 9.17) is 0 Å². The van der Waals surface area contributed by atoms with Crippen LogP contribution in [0.2, 0.25) is 0 Å². The van der Waals surface area contributed by atoms with E-state index in [1.165, 1.54) is 12.1 Å². The second kappa shape index (κ2) is 7.75. The van der Waals surface area contributed by atoms with E-state index in [9.17, 15) is 18.0 Å². The summed E-state index contributed by atoms with van der Waals surface area (Å²) in [6.45, 7) is 3.94. The first-order valence-electron chi connectivity index (χ1n) is 8.58. The molecule has 0 atom stereocenters. The Labute approximate surface area is 160 Å². The second-order valence-electron chi connectivity index (χ2n) is 6.28. The molecule has 5 nitrogen and oxygen atoms in total. The molecule has 0 saturated heterocycles. The number of aryl methyl sites for hydroxylation is 1. The number of urea groups is 1. The van der Waals surface area contributed by atoms with E-state index in [2.05, 4.69) is 15.7 Å². The summed E-state index contributed by atoms with van der Waals surface area (Å²) in [5.41, 5.74) is 2.65. The van der Waals surface area contributed by atoms with Crippen LogP contribution in [0.4, 0.5) is 23.7 Å². The molecule has 3 aromatic rings. The summed E-state index contributed by atoms with van der Waals surface area (Å²) in [5.74, 6) is 0. The van der Waals surface area contributed by atoms with Gasteiger partial charge in [-0.2, -0.15) is 18.3 Å². The Morgan fingerprint density at radius 1 is 1.07 bits per heavy atom. The molecule has 28 heavy (non-hydrogen) atoms. The van der Waals surface area contributed by atoms with Crippen LogP contribution in [0.1, 0.15) is 22.5 Å². The smallest absolute Gasteiger partial charge is 0.334 e. The molecule has 0 saturated carbocycles. The van der Waals surface area contributed by atoms with Gasteiger partial charge in [-0.25, -0.2) is 9.48 Å². The highest BCUT2D eigenvalue weighted by Crippen LogP contribution is 2.30. The number of hydrogen-bond donors (Lipinski definition) is 2.